The topological polar surface area (TPSA) is 35.0 Å². The summed E-state index contributed by atoms with van der Waals surface area (Å²) in [6.45, 7) is 3.78. The zero-order chi connectivity index (χ0) is 13.3. The van der Waals surface area contributed by atoms with E-state index in [1.165, 1.54) is 6.42 Å². The lowest BCUT2D eigenvalue weighted by Gasteiger charge is -2.37. The van der Waals surface area contributed by atoms with Crippen LogP contribution in [-0.2, 0) is 10.3 Å². The predicted octanol–water partition coefficient (Wildman–Crippen LogP) is 3.63. The number of hydrogen-bond donors (Lipinski definition) is 0. The Labute approximate surface area is 112 Å². The van der Waals surface area contributed by atoms with E-state index in [1.54, 1.807) is 14.0 Å². The number of halogens is 2. The highest BCUT2D eigenvalue weighted by atomic mass is 35.5. The van der Waals surface area contributed by atoms with Crippen molar-refractivity contribution in [3.63, 3.8) is 0 Å². The third-order valence-corrected chi connectivity index (χ3v) is 3.98. The van der Waals surface area contributed by atoms with Gasteiger partial charge in [0.1, 0.15) is 5.60 Å². The minimum absolute atomic E-state index is 0.118. The molecule has 1 aromatic heterocycles. The first-order valence-electron chi connectivity index (χ1n) is 6.24. The van der Waals surface area contributed by atoms with Crippen molar-refractivity contribution in [3.05, 3.63) is 22.5 Å². The molecule has 0 saturated heterocycles. The number of hydrogen-bond acceptors (Lipinski definition) is 3. The lowest BCUT2D eigenvalue weighted by Crippen LogP contribution is -2.36. The van der Waals surface area contributed by atoms with Gasteiger partial charge in [-0.15, -0.1) is 0 Å². The van der Waals surface area contributed by atoms with Crippen LogP contribution in [0.15, 0.2) is 0 Å². The van der Waals surface area contributed by atoms with Crippen LogP contribution in [0.3, 0.4) is 0 Å². The quantitative estimate of drug-likeness (QED) is 0.771. The molecule has 2 unspecified atom stereocenters. The maximum Gasteiger partial charge on any atom is 0.181 e. The van der Waals surface area contributed by atoms with Crippen LogP contribution in [-0.4, -0.2) is 17.1 Å². The van der Waals surface area contributed by atoms with Crippen molar-refractivity contribution in [1.82, 2.24) is 9.97 Å². The number of ether oxygens (including phenoxy) is 1. The molecule has 0 bridgehead atoms. The van der Waals surface area contributed by atoms with E-state index in [9.17, 15) is 4.39 Å². The molecule has 100 valence electrons. The van der Waals surface area contributed by atoms with Crippen molar-refractivity contribution < 1.29 is 9.13 Å². The van der Waals surface area contributed by atoms with E-state index < -0.39 is 11.4 Å². The van der Waals surface area contributed by atoms with Crippen molar-refractivity contribution in [2.24, 2.45) is 5.92 Å². The summed E-state index contributed by atoms with van der Waals surface area (Å²) in [5.41, 5.74) is -0.237. The van der Waals surface area contributed by atoms with Gasteiger partial charge in [0.25, 0.3) is 0 Å². The summed E-state index contributed by atoms with van der Waals surface area (Å²) in [6.07, 6.45) is 3.95. The molecule has 0 aliphatic heterocycles. The molecule has 1 heterocycles. The fraction of sp³-hybridized carbons (Fsp3) is 0.692. The van der Waals surface area contributed by atoms with Gasteiger partial charge >= 0.3 is 0 Å². The predicted molar refractivity (Wildman–Crippen MR) is 68.1 cm³/mol. The first-order valence-corrected chi connectivity index (χ1v) is 6.61. The maximum atomic E-state index is 13.5. The zero-order valence-electron chi connectivity index (χ0n) is 11.0. The summed E-state index contributed by atoms with van der Waals surface area (Å²) in [7, 11) is 1.66. The first-order chi connectivity index (χ1) is 8.48. The molecule has 0 N–H and O–H groups in total. The van der Waals surface area contributed by atoms with E-state index in [-0.39, 0.29) is 10.8 Å². The molecule has 2 atom stereocenters. The average molecular weight is 273 g/mol. The molecule has 5 heteroatoms. The Bertz CT molecular complexity index is 432. The van der Waals surface area contributed by atoms with E-state index >= 15 is 0 Å². The van der Waals surface area contributed by atoms with Crippen LogP contribution in [0.2, 0.25) is 5.15 Å². The minimum atomic E-state index is -0.546. The Balaban J connectivity index is 2.44. The maximum absolute atomic E-state index is 13.5. The molecule has 18 heavy (non-hydrogen) atoms. The fourth-order valence-electron chi connectivity index (χ4n) is 2.71. The van der Waals surface area contributed by atoms with Crippen molar-refractivity contribution in [2.45, 2.75) is 45.1 Å². The summed E-state index contributed by atoms with van der Waals surface area (Å²) in [4.78, 5) is 8.33. The van der Waals surface area contributed by atoms with Gasteiger partial charge in [0, 0.05) is 7.11 Å². The average Bonchev–Trinajstić information content (AvgIpc) is 2.35. The smallest absolute Gasteiger partial charge is 0.181 e. The molecule has 0 aromatic carbocycles. The number of aromatic nitrogens is 2. The van der Waals surface area contributed by atoms with Gasteiger partial charge in [0.05, 0.1) is 5.69 Å². The Morgan fingerprint density at radius 3 is 2.72 bits per heavy atom. The second-order valence-corrected chi connectivity index (χ2v) is 5.50. The van der Waals surface area contributed by atoms with E-state index in [0.29, 0.717) is 11.7 Å². The van der Waals surface area contributed by atoms with Gasteiger partial charge < -0.3 is 4.74 Å². The molecule has 0 radical (unpaired) electrons. The zero-order valence-corrected chi connectivity index (χ0v) is 11.7. The standard InChI is InChI=1S/C13H18ClFN2O/c1-8-5-4-6-13(7-8,18-3)12-16-9(2)10(15)11(14)17-12/h8H,4-7H2,1-3H3. The van der Waals surface area contributed by atoms with E-state index in [0.717, 1.165) is 19.3 Å². The van der Waals surface area contributed by atoms with Gasteiger partial charge in [0.2, 0.25) is 0 Å². The van der Waals surface area contributed by atoms with Crippen LogP contribution in [0.5, 0.6) is 0 Å². The number of aryl methyl sites for hydroxylation is 1. The highest BCUT2D eigenvalue weighted by Gasteiger charge is 2.40. The van der Waals surface area contributed by atoms with Crippen LogP contribution in [0.1, 0.15) is 44.1 Å². The molecule has 1 aliphatic carbocycles. The summed E-state index contributed by atoms with van der Waals surface area (Å²) in [5, 5.41) is -0.118. The summed E-state index contributed by atoms with van der Waals surface area (Å²) in [6, 6.07) is 0. The van der Waals surface area contributed by atoms with E-state index in [4.69, 9.17) is 16.3 Å². The van der Waals surface area contributed by atoms with Crippen LogP contribution in [0.4, 0.5) is 4.39 Å². The second kappa shape index (κ2) is 5.10. The molecule has 1 fully saturated rings. The lowest BCUT2D eigenvalue weighted by atomic mass is 9.78. The molecule has 1 aromatic rings. The lowest BCUT2D eigenvalue weighted by molar-refractivity contribution is -0.0648. The molecule has 1 aliphatic rings. The van der Waals surface area contributed by atoms with Crippen LogP contribution < -0.4 is 0 Å². The van der Waals surface area contributed by atoms with Gasteiger partial charge in [0.15, 0.2) is 16.8 Å². The fourth-order valence-corrected chi connectivity index (χ4v) is 2.93. The molecule has 2 rings (SSSR count). The monoisotopic (exact) mass is 272 g/mol. The van der Waals surface area contributed by atoms with Crippen LogP contribution in [0, 0.1) is 18.7 Å². The van der Waals surface area contributed by atoms with Gasteiger partial charge in [-0.2, -0.15) is 0 Å². The van der Waals surface area contributed by atoms with Crippen LogP contribution in [0.25, 0.3) is 0 Å². The van der Waals surface area contributed by atoms with Gasteiger partial charge in [-0.05, 0) is 32.1 Å². The second-order valence-electron chi connectivity index (χ2n) is 5.14. The summed E-state index contributed by atoms with van der Waals surface area (Å²) in [5.74, 6) is 0.516. The van der Waals surface area contributed by atoms with Gasteiger partial charge in [-0.25, -0.2) is 14.4 Å². The highest BCUT2D eigenvalue weighted by molar-refractivity contribution is 6.29. The Morgan fingerprint density at radius 2 is 2.17 bits per heavy atom. The van der Waals surface area contributed by atoms with E-state index in [1.807, 2.05) is 0 Å². The molecule has 3 nitrogen and oxygen atoms in total. The van der Waals surface area contributed by atoms with Crippen molar-refractivity contribution in [3.8, 4) is 0 Å². The molecule has 0 amide bonds. The molecule has 0 spiro atoms. The third kappa shape index (κ3) is 2.36. The number of methoxy groups -OCH3 is 1. The SMILES string of the molecule is COC1(c2nc(C)c(F)c(Cl)n2)CCCC(C)C1. The molecular weight excluding hydrogens is 255 g/mol. The number of nitrogens with zero attached hydrogens (tertiary/aromatic N) is 2. The summed E-state index contributed by atoms with van der Waals surface area (Å²) >= 11 is 5.81. The normalized spacial score (nSPS) is 28.4. The molecule has 1 saturated carbocycles. The highest BCUT2D eigenvalue weighted by Crippen LogP contribution is 2.41. The Morgan fingerprint density at radius 1 is 1.44 bits per heavy atom. The van der Waals surface area contributed by atoms with Gasteiger partial charge in [-0.3, -0.25) is 0 Å². The number of rotatable bonds is 2. The Kier molecular flexibility index (Phi) is 3.87. The first kappa shape index (κ1) is 13.7. The largest absolute Gasteiger partial charge is 0.370 e. The third-order valence-electron chi connectivity index (χ3n) is 3.73. The van der Waals surface area contributed by atoms with Crippen molar-refractivity contribution in [1.29, 1.82) is 0 Å². The minimum Gasteiger partial charge on any atom is -0.370 e. The van der Waals surface area contributed by atoms with Gasteiger partial charge in [-0.1, -0.05) is 24.9 Å². The Hall–Kier alpha value is -0.740. The summed E-state index contributed by atoms with van der Waals surface area (Å²) < 4.78 is 19.2. The van der Waals surface area contributed by atoms with E-state index in [2.05, 4.69) is 16.9 Å². The van der Waals surface area contributed by atoms with Crippen LogP contribution >= 0.6 is 11.6 Å². The van der Waals surface area contributed by atoms with Crippen molar-refractivity contribution >= 4 is 11.6 Å². The van der Waals surface area contributed by atoms with Crippen molar-refractivity contribution in [2.75, 3.05) is 7.11 Å². The molecular formula is C13H18ClFN2O.